The molecule has 164 valence electrons. The van der Waals surface area contributed by atoms with Crippen LogP contribution in [0.3, 0.4) is 0 Å². The van der Waals surface area contributed by atoms with Crippen LogP contribution in [0.5, 0.6) is 0 Å². The van der Waals surface area contributed by atoms with E-state index in [2.05, 4.69) is 69.0 Å². The number of amides is 2. The lowest BCUT2D eigenvalue weighted by Gasteiger charge is -2.31. The zero-order valence-corrected chi connectivity index (χ0v) is 18.4. The molecule has 2 aromatic carbocycles. The van der Waals surface area contributed by atoms with Crippen molar-refractivity contribution in [2.45, 2.75) is 44.2 Å². The molecule has 1 fully saturated rings. The molecule has 1 atom stereocenters. The number of benzene rings is 2. The normalized spacial score (nSPS) is 16.6. The van der Waals surface area contributed by atoms with E-state index in [1.807, 2.05) is 14.1 Å². The number of hydrogen-bond acceptors (Lipinski definition) is 4. The van der Waals surface area contributed by atoms with Crippen LogP contribution in [0, 0.1) is 0 Å². The van der Waals surface area contributed by atoms with Crippen LogP contribution >= 0.6 is 0 Å². The molecule has 1 aliphatic carbocycles. The zero-order valence-electron chi connectivity index (χ0n) is 18.4. The third-order valence-corrected chi connectivity index (χ3v) is 6.45. The van der Waals surface area contributed by atoms with Crippen molar-refractivity contribution in [3.63, 3.8) is 0 Å². The summed E-state index contributed by atoms with van der Waals surface area (Å²) in [6.07, 6.45) is 5.14. The Hall–Kier alpha value is -3.02. The summed E-state index contributed by atoms with van der Waals surface area (Å²) in [7, 11) is 4.04. The van der Waals surface area contributed by atoms with Gasteiger partial charge in [-0.3, -0.25) is 9.59 Å². The summed E-state index contributed by atoms with van der Waals surface area (Å²) in [5, 5.41) is 5.77. The SMILES string of the molecule is CN(C)c1ccc([C@@H](CNC(=O)C(=O)NC2CCCC2)N2CCc3ccccc32)cc1. The molecular formula is C25H32N4O2. The van der Waals surface area contributed by atoms with Gasteiger partial charge in [0.1, 0.15) is 0 Å². The van der Waals surface area contributed by atoms with Crippen molar-refractivity contribution in [3.05, 3.63) is 59.7 Å². The zero-order chi connectivity index (χ0) is 21.8. The van der Waals surface area contributed by atoms with E-state index >= 15 is 0 Å². The van der Waals surface area contributed by atoms with Crippen molar-refractivity contribution >= 4 is 23.2 Å². The fourth-order valence-electron chi connectivity index (χ4n) is 4.68. The van der Waals surface area contributed by atoms with Gasteiger partial charge in [0, 0.05) is 44.6 Å². The van der Waals surface area contributed by atoms with E-state index in [4.69, 9.17) is 0 Å². The minimum absolute atomic E-state index is 0.0388. The summed E-state index contributed by atoms with van der Waals surface area (Å²) < 4.78 is 0. The third-order valence-electron chi connectivity index (χ3n) is 6.45. The second-order valence-corrected chi connectivity index (χ2v) is 8.74. The lowest BCUT2D eigenvalue weighted by molar-refractivity contribution is -0.139. The monoisotopic (exact) mass is 420 g/mol. The molecule has 0 aromatic heterocycles. The number of para-hydroxylation sites is 1. The molecule has 2 amide bonds. The molecule has 0 unspecified atom stereocenters. The Morgan fingerprint density at radius 2 is 1.74 bits per heavy atom. The van der Waals surface area contributed by atoms with Crippen molar-refractivity contribution < 1.29 is 9.59 Å². The molecule has 2 N–H and O–H groups in total. The van der Waals surface area contributed by atoms with Gasteiger partial charge in [-0.15, -0.1) is 0 Å². The molecule has 6 heteroatoms. The van der Waals surface area contributed by atoms with E-state index in [1.165, 1.54) is 11.3 Å². The minimum atomic E-state index is -0.547. The van der Waals surface area contributed by atoms with E-state index in [-0.39, 0.29) is 12.1 Å². The van der Waals surface area contributed by atoms with Crippen molar-refractivity contribution in [1.29, 1.82) is 0 Å². The summed E-state index contributed by atoms with van der Waals surface area (Å²) in [4.78, 5) is 29.3. The lowest BCUT2D eigenvalue weighted by atomic mass is 10.0. The number of rotatable bonds is 6. The highest BCUT2D eigenvalue weighted by Crippen LogP contribution is 2.35. The Balaban J connectivity index is 1.50. The highest BCUT2D eigenvalue weighted by molar-refractivity contribution is 6.35. The number of nitrogens with zero attached hydrogens (tertiary/aromatic N) is 2. The lowest BCUT2D eigenvalue weighted by Crippen LogP contribution is -2.46. The number of carbonyl (C=O) groups is 2. The van der Waals surface area contributed by atoms with Crippen LogP contribution in [-0.4, -0.2) is 45.0 Å². The largest absolute Gasteiger partial charge is 0.378 e. The summed E-state index contributed by atoms with van der Waals surface area (Å²) in [6, 6.07) is 16.9. The van der Waals surface area contributed by atoms with Crippen LogP contribution < -0.4 is 20.4 Å². The second kappa shape index (κ2) is 9.41. The maximum atomic E-state index is 12.5. The molecule has 31 heavy (non-hydrogen) atoms. The smallest absolute Gasteiger partial charge is 0.309 e. The fraction of sp³-hybridized carbons (Fsp3) is 0.440. The molecule has 0 spiro atoms. The van der Waals surface area contributed by atoms with Crippen LogP contribution in [0.2, 0.25) is 0 Å². The van der Waals surface area contributed by atoms with Gasteiger partial charge in [0.15, 0.2) is 0 Å². The maximum absolute atomic E-state index is 12.5. The number of fused-ring (bicyclic) bond motifs is 1. The molecule has 6 nitrogen and oxygen atoms in total. The van der Waals surface area contributed by atoms with Gasteiger partial charge in [-0.1, -0.05) is 43.2 Å². The number of carbonyl (C=O) groups excluding carboxylic acids is 2. The highest BCUT2D eigenvalue weighted by Gasteiger charge is 2.29. The van der Waals surface area contributed by atoms with E-state index in [0.717, 1.165) is 49.9 Å². The van der Waals surface area contributed by atoms with Crippen LogP contribution in [0.25, 0.3) is 0 Å². The third kappa shape index (κ3) is 4.84. The molecule has 1 saturated carbocycles. The van der Waals surface area contributed by atoms with Gasteiger partial charge in [-0.05, 0) is 48.6 Å². The topological polar surface area (TPSA) is 64.7 Å². The summed E-state index contributed by atoms with van der Waals surface area (Å²) in [6.45, 7) is 1.27. The van der Waals surface area contributed by atoms with Crippen LogP contribution in [0.15, 0.2) is 48.5 Å². The molecule has 0 radical (unpaired) electrons. The predicted molar refractivity (Wildman–Crippen MR) is 124 cm³/mol. The fourth-order valence-corrected chi connectivity index (χ4v) is 4.68. The van der Waals surface area contributed by atoms with Crippen LogP contribution in [0.1, 0.15) is 42.9 Å². The van der Waals surface area contributed by atoms with E-state index in [1.54, 1.807) is 0 Å². The first-order valence-corrected chi connectivity index (χ1v) is 11.2. The van der Waals surface area contributed by atoms with Gasteiger partial charge in [-0.25, -0.2) is 0 Å². The first-order valence-electron chi connectivity index (χ1n) is 11.2. The van der Waals surface area contributed by atoms with Gasteiger partial charge >= 0.3 is 11.8 Å². The molecule has 4 rings (SSSR count). The Kier molecular flexibility index (Phi) is 6.44. The summed E-state index contributed by atoms with van der Waals surface area (Å²) >= 11 is 0. The van der Waals surface area contributed by atoms with Crippen LogP contribution in [0.4, 0.5) is 11.4 Å². The van der Waals surface area contributed by atoms with Gasteiger partial charge in [-0.2, -0.15) is 0 Å². The van der Waals surface area contributed by atoms with Gasteiger partial charge in [0.2, 0.25) is 0 Å². The minimum Gasteiger partial charge on any atom is -0.378 e. The Bertz CT molecular complexity index is 919. The standard InChI is InChI=1S/C25H32N4O2/c1-28(2)21-13-11-19(12-14-21)23(29-16-15-18-7-3-6-10-22(18)29)17-26-24(30)25(31)27-20-8-4-5-9-20/h3,6-7,10-14,20,23H,4-5,8-9,15-17H2,1-2H3,(H,26,30)(H,27,31)/t23-/m1/s1. The molecule has 2 aromatic rings. The molecule has 1 aliphatic heterocycles. The molecule has 2 aliphatic rings. The van der Waals surface area contributed by atoms with Crippen molar-refractivity contribution in [1.82, 2.24) is 10.6 Å². The Labute approximate surface area is 184 Å². The van der Waals surface area contributed by atoms with E-state index < -0.39 is 11.8 Å². The average molecular weight is 421 g/mol. The number of nitrogens with one attached hydrogen (secondary N) is 2. The maximum Gasteiger partial charge on any atom is 0.309 e. The van der Waals surface area contributed by atoms with E-state index in [0.29, 0.717) is 6.54 Å². The molecule has 0 bridgehead atoms. The average Bonchev–Trinajstić information content (AvgIpc) is 3.44. The summed E-state index contributed by atoms with van der Waals surface area (Å²) in [5.74, 6) is -1.07. The molecule has 1 heterocycles. The quantitative estimate of drug-likeness (QED) is 0.705. The molecule has 0 saturated heterocycles. The molecular weight excluding hydrogens is 388 g/mol. The summed E-state index contributed by atoms with van der Waals surface area (Å²) in [5.41, 5.74) is 4.78. The van der Waals surface area contributed by atoms with Gasteiger partial charge in [0.25, 0.3) is 0 Å². The van der Waals surface area contributed by atoms with Crippen molar-refractivity contribution in [3.8, 4) is 0 Å². The number of anilines is 2. The van der Waals surface area contributed by atoms with Gasteiger partial charge in [0.05, 0.1) is 6.04 Å². The Morgan fingerprint density at radius 1 is 1.03 bits per heavy atom. The predicted octanol–water partition coefficient (Wildman–Crippen LogP) is 3.03. The van der Waals surface area contributed by atoms with Crippen molar-refractivity contribution in [2.24, 2.45) is 0 Å². The second-order valence-electron chi connectivity index (χ2n) is 8.74. The van der Waals surface area contributed by atoms with Crippen molar-refractivity contribution in [2.75, 3.05) is 37.0 Å². The number of hydrogen-bond donors (Lipinski definition) is 2. The Morgan fingerprint density at radius 3 is 2.45 bits per heavy atom. The first kappa shape index (κ1) is 21.2. The van der Waals surface area contributed by atoms with Crippen LogP contribution in [-0.2, 0) is 16.0 Å². The van der Waals surface area contributed by atoms with E-state index in [9.17, 15) is 9.59 Å². The van der Waals surface area contributed by atoms with Gasteiger partial charge < -0.3 is 20.4 Å². The highest BCUT2D eigenvalue weighted by atomic mass is 16.2. The first-order chi connectivity index (χ1) is 15.0.